The summed E-state index contributed by atoms with van der Waals surface area (Å²) < 4.78 is 0. The van der Waals surface area contributed by atoms with Crippen molar-refractivity contribution in [2.45, 2.75) is 25.8 Å². The molecule has 0 unspecified atom stereocenters. The Hall–Kier alpha value is -0.730. The molecule has 13 heavy (non-hydrogen) atoms. The van der Waals surface area contributed by atoms with Crippen LogP contribution in [0.1, 0.15) is 19.4 Å². The highest BCUT2D eigenvalue weighted by atomic mass is 35.5. The third-order valence-corrected chi connectivity index (χ3v) is 2.06. The van der Waals surface area contributed by atoms with Gasteiger partial charge < -0.3 is 11.5 Å². The van der Waals surface area contributed by atoms with Crippen LogP contribution in [0.5, 0.6) is 0 Å². The molecule has 3 heteroatoms. The summed E-state index contributed by atoms with van der Waals surface area (Å²) in [7, 11) is 0. The molecule has 0 radical (unpaired) electrons. The Kier molecular flexibility index (Phi) is 2.84. The summed E-state index contributed by atoms with van der Waals surface area (Å²) in [5.41, 5.74) is 13.1. The van der Waals surface area contributed by atoms with Crippen LogP contribution in [-0.4, -0.2) is 5.54 Å². The lowest BCUT2D eigenvalue weighted by molar-refractivity contribution is 0.517. The molecule has 1 aromatic rings. The quantitative estimate of drug-likeness (QED) is 0.716. The highest BCUT2D eigenvalue weighted by molar-refractivity contribution is 6.33. The van der Waals surface area contributed by atoms with Gasteiger partial charge in [0, 0.05) is 5.54 Å². The average Bonchev–Trinajstić information content (AvgIpc) is 1.94. The molecule has 0 aliphatic rings. The molecule has 0 heterocycles. The van der Waals surface area contributed by atoms with Gasteiger partial charge in [0.25, 0.3) is 0 Å². The van der Waals surface area contributed by atoms with Crippen LogP contribution in [-0.2, 0) is 6.42 Å². The van der Waals surface area contributed by atoms with Gasteiger partial charge in [0.1, 0.15) is 0 Å². The van der Waals surface area contributed by atoms with E-state index in [0.29, 0.717) is 10.7 Å². The maximum Gasteiger partial charge on any atom is 0.0635 e. The number of nitrogens with two attached hydrogens (primary N) is 2. The average molecular weight is 199 g/mol. The van der Waals surface area contributed by atoms with Crippen molar-refractivity contribution in [2.75, 3.05) is 5.73 Å². The maximum atomic E-state index is 5.88. The lowest BCUT2D eigenvalue weighted by Crippen LogP contribution is -2.34. The third-order valence-electron chi connectivity index (χ3n) is 1.72. The Bertz CT molecular complexity index is 302. The van der Waals surface area contributed by atoms with Crippen LogP contribution >= 0.6 is 11.6 Å². The first-order valence-corrected chi connectivity index (χ1v) is 4.59. The zero-order valence-electron chi connectivity index (χ0n) is 7.97. The van der Waals surface area contributed by atoms with E-state index < -0.39 is 0 Å². The zero-order valence-corrected chi connectivity index (χ0v) is 8.73. The van der Waals surface area contributed by atoms with Gasteiger partial charge in [-0.1, -0.05) is 17.7 Å². The molecule has 2 nitrogen and oxygen atoms in total. The smallest absolute Gasteiger partial charge is 0.0635 e. The fourth-order valence-electron chi connectivity index (χ4n) is 1.23. The van der Waals surface area contributed by atoms with Crippen molar-refractivity contribution in [2.24, 2.45) is 5.73 Å². The molecule has 4 N–H and O–H groups in total. The van der Waals surface area contributed by atoms with E-state index in [9.17, 15) is 0 Å². The van der Waals surface area contributed by atoms with Crippen LogP contribution in [0.4, 0.5) is 5.69 Å². The third kappa shape index (κ3) is 3.25. The molecule has 0 atom stereocenters. The summed E-state index contributed by atoms with van der Waals surface area (Å²) in [6, 6.07) is 5.63. The number of hydrogen-bond donors (Lipinski definition) is 2. The van der Waals surface area contributed by atoms with E-state index in [2.05, 4.69) is 0 Å². The highest BCUT2D eigenvalue weighted by Crippen LogP contribution is 2.21. The van der Waals surface area contributed by atoms with Gasteiger partial charge in [0.15, 0.2) is 0 Å². The number of benzene rings is 1. The number of rotatable bonds is 2. The van der Waals surface area contributed by atoms with E-state index in [1.165, 1.54) is 0 Å². The molecule has 0 saturated heterocycles. The standard InChI is InChI=1S/C10H15ClN2/c1-10(2,13)6-7-3-4-8(11)9(12)5-7/h3-5H,6,12-13H2,1-2H3. The highest BCUT2D eigenvalue weighted by Gasteiger charge is 2.11. The van der Waals surface area contributed by atoms with Crippen LogP contribution in [0.15, 0.2) is 18.2 Å². The summed E-state index contributed by atoms with van der Waals surface area (Å²) in [6.07, 6.45) is 0.800. The molecule has 0 bridgehead atoms. The van der Waals surface area contributed by atoms with E-state index >= 15 is 0 Å². The normalized spacial score (nSPS) is 11.7. The van der Waals surface area contributed by atoms with Crippen molar-refractivity contribution < 1.29 is 0 Å². The Balaban J connectivity index is 2.86. The minimum atomic E-state index is -0.208. The lowest BCUT2D eigenvalue weighted by atomic mass is 9.96. The van der Waals surface area contributed by atoms with Crippen LogP contribution in [0, 0.1) is 0 Å². The van der Waals surface area contributed by atoms with Gasteiger partial charge in [-0.15, -0.1) is 0 Å². The second kappa shape index (κ2) is 3.56. The maximum absolute atomic E-state index is 5.88. The van der Waals surface area contributed by atoms with Crippen molar-refractivity contribution in [3.8, 4) is 0 Å². The van der Waals surface area contributed by atoms with Gasteiger partial charge in [0.2, 0.25) is 0 Å². The molecule has 0 aliphatic carbocycles. The van der Waals surface area contributed by atoms with Gasteiger partial charge in [-0.25, -0.2) is 0 Å². The van der Waals surface area contributed by atoms with Gasteiger partial charge >= 0.3 is 0 Å². The van der Waals surface area contributed by atoms with Crippen molar-refractivity contribution >= 4 is 17.3 Å². The lowest BCUT2D eigenvalue weighted by Gasteiger charge is -2.18. The van der Waals surface area contributed by atoms with Gasteiger partial charge in [-0.2, -0.15) is 0 Å². The predicted octanol–water partition coefficient (Wildman–Crippen LogP) is 2.20. The van der Waals surface area contributed by atoms with Crippen LogP contribution in [0.2, 0.25) is 5.02 Å². The molecule has 0 fully saturated rings. The van der Waals surface area contributed by atoms with E-state index in [1.807, 2.05) is 26.0 Å². The summed E-state index contributed by atoms with van der Waals surface area (Å²) in [5.74, 6) is 0. The zero-order chi connectivity index (χ0) is 10.1. The largest absolute Gasteiger partial charge is 0.398 e. The van der Waals surface area contributed by atoms with Gasteiger partial charge in [-0.05, 0) is 38.0 Å². The van der Waals surface area contributed by atoms with Gasteiger partial charge in [-0.3, -0.25) is 0 Å². The molecule has 0 saturated carbocycles. The van der Waals surface area contributed by atoms with E-state index in [4.69, 9.17) is 23.1 Å². The SMILES string of the molecule is CC(C)(N)Cc1ccc(Cl)c(N)c1. The number of halogens is 1. The summed E-state index contributed by atoms with van der Waals surface area (Å²) in [5, 5.41) is 0.596. The molecule has 0 amide bonds. The van der Waals surface area contributed by atoms with Crippen LogP contribution in [0.3, 0.4) is 0 Å². The molecule has 0 aromatic heterocycles. The molecular formula is C10H15ClN2. The second-order valence-corrected chi connectivity index (χ2v) is 4.43. The van der Waals surface area contributed by atoms with Gasteiger partial charge in [0.05, 0.1) is 10.7 Å². The van der Waals surface area contributed by atoms with Crippen molar-refractivity contribution in [1.82, 2.24) is 0 Å². The summed E-state index contributed by atoms with van der Waals surface area (Å²) in [6.45, 7) is 3.97. The van der Waals surface area contributed by atoms with Crippen molar-refractivity contribution in [1.29, 1.82) is 0 Å². The number of hydrogen-bond acceptors (Lipinski definition) is 2. The molecule has 1 aromatic carbocycles. The number of anilines is 1. The minimum Gasteiger partial charge on any atom is -0.398 e. The van der Waals surface area contributed by atoms with E-state index in [-0.39, 0.29) is 5.54 Å². The second-order valence-electron chi connectivity index (χ2n) is 4.02. The predicted molar refractivity (Wildman–Crippen MR) is 57.8 cm³/mol. The van der Waals surface area contributed by atoms with E-state index in [0.717, 1.165) is 12.0 Å². The fraction of sp³-hybridized carbons (Fsp3) is 0.400. The molecular weight excluding hydrogens is 184 g/mol. The fourth-order valence-corrected chi connectivity index (χ4v) is 1.35. The Labute approximate surface area is 83.9 Å². The molecule has 72 valence electrons. The van der Waals surface area contributed by atoms with Crippen molar-refractivity contribution in [3.63, 3.8) is 0 Å². The first-order valence-electron chi connectivity index (χ1n) is 4.21. The molecule has 0 spiro atoms. The minimum absolute atomic E-state index is 0.208. The topological polar surface area (TPSA) is 52.0 Å². The van der Waals surface area contributed by atoms with Crippen LogP contribution in [0.25, 0.3) is 0 Å². The Morgan fingerprint density at radius 1 is 1.38 bits per heavy atom. The van der Waals surface area contributed by atoms with Crippen LogP contribution < -0.4 is 11.5 Å². The molecule has 1 rings (SSSR count). The first kappa shape index (κ1) is 10.4. The van der Waals surface area contributed by atoms with Crippen molar-refractivity contribution in [3.05, 3.63) is 28.8 Å². The monoisotopic (exact) mass is 198 g/mol. The summed E-state index contributed by atoms with van der Waals surface area (Å²) in [4.78, 5) is 0. The first-order chi connectivity index (χ1) is 5.88. The Morgan fingerprint density at radius 3 is 2.46 bits per heavy atom. The van der Waals surface area contributed by atoms with E-state index in [1.54, 1.807) is 6.07 Å². The molecule has 0 aliphatic heterocycles. The Morgan fingerprint density at radius 2 is 2.00 bits per heavy atom. The number of nitrogen functional groups attached to an aromatic ring is 1. The summed E-state index contributed by atoms with van der Waals surface area (Å²) >= 11 is 5.80.